The molecule has 1 saturated heterocycles. The van der Waals surface area contributed by atoms with Gasteiger partial charge in [0.1, 0.15) is 12.1 Å². The average molecular weight is 246 g/mol. The molecule has 18 heavy (non-hydrogen) atoms. The summed E-state index contributed by atoms with van der Waals surface area (Å²) in [4.78, 5) is 25.6. The number of rotatable bonds is 1. The Labute approximate surface area is 107 Å². The first-order valence-corrected chi connectivity index (χ1v) is 6.12. The minimum atomic E-state index is -0.464. The fourth-order valence-electron chi connectivity index (χ4n) is 2.32. The summed E-state index contributed by atoms with van der Waals surface area (Å²) in [5.74, 6) is -0.170. The van der Waals surface area contributed by atoms with Crippen LogP contribution in [0.1, 0.15) is 25.0 Å². The molecule has 1 heterocycles. The molecule has 0 spiro atoms. The Bertz CT molecular complexity index is 511. The zero-order valence-corrected chi connectivity index (χ0v) is 11.2. The molecular weight excluding hydrogens is 228 g/mol. The lowest BCUT2D eigenvalue weighted by Crippen LogP contribution is -2.61. The van der Waals surface area contributed by atoms with Crippen LogP contribution in [0.4, 0.5) is 5.69 Å². The normalized spacial score (nSPS) is 24.1. The average Bonchev–Trinajstić information content (AvgIpc) is 2.29. The van der Waals surface area contributed by atoms with Crippen LogP contribution in [0.5, 0.6) is 0 Å². The summed E-state index contributed by atoms with van der Waals surface area (Å²) in [5.41, 5.74) is 2.97. The molecule has 96 valence electrons. The number of carbonyl (C=O) groups excluding carboxylic acids is 2. The van der Waals surface area contributed by atoms with Gasteiger partial charge in [0.2, 0.25) is 11.8 Å². The van der Waals surface area contributed by atoms with Gasteiger partial charge in [0, 0.05) is 5.69 Å². The lowest BCUT2D eigenvalue weighted by atomic mass is 10.0. The molecular formula is C14H18N2O2. The van der Waals surface area contributed by atoms with Gasteiger partial charge in [0.25, 0.3) is 0 Å². The van der Waals surface area contributed by atoms with Crippen LogP contribution < -0.4 is 10.2 Å². The minimum absolute atomic E-state index is 0.0611. The summed E-state index contributed by atoms with van der Waals surface area (Å²) in [6, 6.07) is 4.96. The monoisotopic (exact) mass is 246 g/mol. The second-order valence-corrected chi connectivity index (χ2v) is 4.90. The lowest BCUT2D eigenvalue weighted by Gasteiger charge is -2.36. The maximum absolute atomic E-state index is 12.2. The molecule has 2 unspecified atom stereocenters. The van der Waals surface area contributed by atoms with Gasteiger partial charge in [-0.15, -0.1) is 0 Å². The number of hydrogen-bond donors (Lipinski definition) is 1. The highest BCUT2D eigenvalue weighted by Crippen LogP contribution is 2.25. The molecule has 0 bridgehead atoms. The standard InChI is InChI=1S/C14H18N2O2/c1-8-5-6-12(9(2)7-8)16-11(4)13(17)15-10(3)14(16)18/h5-7,10-11H,1-4H3,(H,15,17). The van der Waals surface area contributed by atoms with E-state index in [0.717, 1.165) is 16.8 Å². The fourth-order valence-corrected chi connectivity index (χ4v) is 2.32. The molecule has 1 aromatic carbocycles. The number of benzene rings is 1. The maximum Gasteiger partial charge on any atom is 0.250 e. The highest BCUT2D eigenvalue weighted by Gasteiger charge is 2.37. The molecule has 1 aliphatic rings. The van der Waals surface area contributed by atoms with Crippen molar-refractivity contribution < 1.29 is 9.59 Å². The van der Waals surface area contributed by atoms with E-state index in [1.54, 1.807) is 18.7 Å². The number of amides is 2. The maximum atomic E-state index is 12.2. The summed E-state index contributed by atoms with van der Waals surface area (Å²) in [7, 11) is 0. The Balaban J connectivity index is 2.46. The number of nitrogens with zero attached hydrogens (tertiary/aromatic N) is 1. The highest BCUT2D eigenvalue weighted by atomic mass is 16.2. The predicted molar refractivity (Wildman–Crippen MR) is 70.5 cm³/mol. The van der Waals surface area contributed by atoms with E-state index in [0.29, 0.717) is 0 Å². The Morgan fingerprint density at radius 3 is 2.44 bits per heavy atom. The Hall–Kier alpha value is -1.84. The van der Waals surface area contributed by atoms with Crippen LogP contribution in [0.2, 0.25) is 0 Å². The van der Waals surface area contributed by atoms with Crippen molar-refractivity contribution in [2.45, 2.75) is 39.8 Å². The van der Waals surface area contributed by atoms with Gasteiger partial charge in [-0.05, 0) is 39.3 Å². The topological polar surface area (TPSA) is 49.4 Å². The lowest BCUT2D eigenvalue weighted by molar-refractivity contribution is -0.133. The molecule has 2 amide bonds. The van der Waals surface area contributed by atoms with Crippen molar-refractivity contribution in [1.82, 2.24) is 5.32 Å². The van der Waals surface area contributed by atoms with Crippen LogP contribution in [-0.4, -0.2) is 23.9 Å². The van der Waals surface area contributed by atoms with E-state index in [4.69, 9.17) is 0 Å². The number of hydrogen-bond acceptors (Lipinski definition) is 2. The highest BCUT2D eigenvalue weighted by molar-refractivity contribution is 6.08. The van der Waals surface area contributed by atoms with Crippen LogP contribution in [0, 0.1) is 13.8 Å². The molecule has 2 rings (SSSR count). The minimum Gasteiger partial charge on any atom is -0.343 e. The molecule has 4 heteroatoms. The Kier molecular flexibility index (Phi) is 3.11. The number of piperazine rings is 1. The molecule has 2 atom stereocenters. The van der Waals surface area contributed by atoms with Gasteiger partial charge < -0.3 is 5.32 Å². The van der Waals surface area contributed by atoms with Crippen molar-refractivity contribution in [2.24, 2.45) is 0 Å². The zero-order valence-electron chi connectivity index (χ0n) is 11.2. The first-order chi connectivity index (χ1) is 8.41. The van der Waals surface area contributed by atoms with Crippen LogP contribution in [0.25, 0.3) is 0 Å². The third kappa shape index (κ3) is 1.98. The largest absolute Gasteiger partial charge is 0.343 e. The van der Waals surface area contributed by atoms with Gasteiger partial charge in [0.05, 0.1) is 0 Å². The Morgan fingerprint density at radius 2 is 1.83 bits per heavy atom. The number of aryl methyl sites for hydroxylation is 2. The molecule has 1 aromatic rings. The van der Waals surface area contributed by atoms with E-state index in [9.17, 15) is 9.59 Å². The van der Waals surface area contributed by atoms with Crippen LogP contribution in [-0.2, 0) is 9.59 Å². The molecule has 4 nitrogen and oxygen atoms in total. The van der Waals surface area contributed by atoms with Crippen molar-refractivity contribution in [3.05, 3.63) is 29.3 Å². The van der Waals surface area contributed by atoms with Gasteiger partial charge in [-0.3, -0.25) is 14.5 Å². The molecule has 1 aliphatic heterocycles. The van der Waals surface area contributed by atoms with Gasteiger partial charge in [-0.2, -0.15) is 0 Å². The predicted octanol–water partition coefficient (Wildman–Crippen LogP) is 1.54. The smallest absolute Gasteiger partial charge is 0.250 e. The quantitative estimate of drug-likeness (QED) is 0.817. The number of anilines is 1. The van der Waals surface area contributed by atoms with Crippen molar-refractivity contribution in [2.75, 3.05) is 4.90 Å². The van der Waals surface area contributed by atoms with Crippen LogP contribution >= 0.6 is 0 Å². The van der Waals surface area contributed by atoms with Crippen molar-refractivity contribution in [1.29, 1.82) is 0 Å². The summed E-state index contributed by atoms with van der Waals surface area (Å²) < 4.78 is 0. The summed E-state index contributed by atoms with van der Waals surface area (Å²) in [6.07, 6.45) is 0. The van der Waals surface area contributed by atoms with Gasteiger partial charge in [0.15, 0.2) is 0 Å². The van der Waals surface area contributed by atoms with E-state index < -0.39 is 12.1 Å². The SMILES string of the molecule is Cc1ccc(N2C(=O)C(C)NC(=O)C2C)c(C)c1. The second kappa shape index (κ2) is 4.44. The third-order valence-electron chi connectivity index (χ3n) is 3.35. The van der Waals surface area contributed by atoms with Crippen molar-refractivity contribution in [3.8, 4) is 0 Å². The van der Waals surface area contributed by atoms with E-state index >= 15 is 0 Å². The van der Waals surface area contributed by atoms with E-state index in [1.165, 1.54) is 0 Å². The molecule has 0 aromatic heterocycles. The number of nitrogens with one attached hydrogen (secondary N) is 1. The summed E-state index contributed by atoms with van der Waals surface area (Å²) in [6.45, 7) is 7.42. The number of carbonyl (C=O) groups is 2. The van der Waals surface area contributed by atoms with E-state index in [1.807, 2.05) is 32.0 Å². The van der Waals surface area contributed by atoms with Crippen molar-refractivity contribution in [3.63, 3.8) is 0 Å². The van der Waals surface area contributed by atoms with Crippen LogP contribution in [0.3, 0.4) is 0 Å². The van der Waals surface area contributed by atoms with Gasteiger partial charge in [-0.25, -0.2) is 0 Å². The molecule has 0 saturated carbocycles. The molecule has 1 N–H and O–H groups in total. The second-order valence-electron chi connectivity index (χ2n) is 4.90. The summed E-state index contributed by atoms with van der Waals surface area (Å²) in [5, 5.41) is 2.68. The molecule has 1 fully saturated rings. The van der Waals surface area contributed by atoms with Crippen LogP contribution in [0.15, 0.2) is 18.2 Å². The van der Waals surface area contributed by atoms with E-state index in [2.05, 4.69) is 5.32 Å². The van der Waals surface area contributed by atoms with E-state index in [-0.39, 0.29) is 11.8 Å². The first-order valence-electron chi connectivity index (χ1n) is 6.12. The Morgan fingerprint density at radius 1 is 1.17 bits per heavy atom. The fraction of sp³-hybridized carbons (Fsp3) is 0.429. The van der Waals surface area contributed by atoms with Crippen molar-refractivity contribution >= 4 is 17.5 Å². The molecule has 0 radical (unpaired) electrons. The zero-order chi connectivity index (χ0) is 13.4. The van der Waals surface area contributed by atoms with Gasteiger partial charge in [-0.1, -0.05) is 17.7 Å². The first kappa shape index (κ1) is 12.6. The summed E-state index contributed by atoms with van der Waals surface area (Å²) >= 11 is 0. The molecule has 0 aliphatic carbocycles. The third-order valence-corrected chi connectivity index (χ3v) is 3.35. The van der Waals surface area contributed by atoms with Gasteiger partial charge >= 0.3 is 0 Å².